The van der Waals surface area contributed by atoms with E-state index in [0.29, 0.717) is 11.3 Å². The van der Waals surface area contributed by atoms with E-state index >= 15 is 0 Å². The van der Waals surface area contributed by atoms with Gasteiger partial charge in [0.2, 0.25) is 11.5 Å². The molecule has 1 heterocycles. The Morgan fingerprint density at radius 1 is 1.11 bits per heavy atom. The van der Waals surface area contributed by atoms with Crippen LogP contribution < -0.4 is 14.2 Å². The first-order valence-corrected chi connectivity index (χ1v) is 7.87. The van der Waals surface area contributed by atoms with E-state index in [1.54, 1.807) is 18.2 Å². The molecule has 2 aromatic carbocycles. The Labute approximate surface area is 154 Å². The van der Waals surface area contributed by atoms with Crippen molar-refractivity contribution in [3.8, 4) is 17.2 Å². The van der Waals surface area contributed by atoms with Crippen LogP contribution in [0.2, 0.25) is 0 Å². The summed E-state index contributed by atoms with van der Waals surface area (Å²) in [4.78, 5) is 23.0. The summed E-state index contributed by atoms with van der Waals surface area (Å²) in [6, 6.07) is 14.5. The summed E-state index contributed by atoms with van der Waals surface area (Å²) in [5, 5.41) is 11.2. The maximum absolute atomic E-state index is 12.4. The van der Waals surface area contributed by atoms with Gasteiger partial charge in [-0.15, -0.1) is 0 Å². The van der Waals surface area contributed by atoms with E-state index in [4.69, 9.17) is 18.6 Å². The molecular formula is C19H15NO7. The van der Waals surface area contributed by atoms with Gasteiger partial charge in [0.15, 0.2) is 0 Å². The molecule has 3 rings (SSSR count). The molecular weight excluding hydrogens is 354 g/mol. The van der Waals surface area contributed by atoms with Crippen molar-refractivity contribution in [3.05, 3.63) is 82.3 Å². The fourth-order valence-electron chi connectivity index (χ4n) is 2.31. The highest BCUT2D eigenvalue weighted by Crippen LogP contribution is 2.32. The van der Waals surface area contributed by atoms with Crippen LogP contribution in [0.25, 0.3) is 0 Å². The molecule has 0 saturated heterocycles. The summed E-state index contributed by atoms with van der Waals surface area (Å²) in [5.41, 5.74) is 0.0661. The van der Waals surface area contributed by atoms with Crippen molar-refractivity contribution in [1.82, 2.24) is 0 Å². The fraction of sp³-hybridized carbons (Fsp3) is 0.105. The average molecular weight is 369 g/mol. The molecule has 0 aliphatic rings. The quantitative estimate of drug-likeness (QED) is 0.268. The van der Waals surface area contributed by atoms with Crippen molar-refractivity contribution in [1.29, 1.82) is 0 Å². The van der Waals surface area contributed by atoms with Gasteiger partial charge in [0, 0.05) is 5.56 Å². The van der Waals surface area contributed by atoms with Crippen LogP contribution in [0.4, 0.5) is 5.69 Å². The van der Waals surface area contributed by atoms with Crippen molar-refractivity contribution in [3.63, 3.8) is 0 Å². The topological polar surface area (TPSA) is 101 Å². The maximum atomic E-state index is 12.4. The van der Waals surface area contributed by atoms with Crippen LogP contribution in [-0.2, 0) is 6.61 Å². The van der Waals surface area contributed by atoms with Crippen LogP contribution in [0.15, 0.2) is 65.3 Å². The number of esters is 1. The second-order valence-corrected chi connectivity index (χ2v) is 5.36. The zero-order valence-corrected chi connectivity index (χ0v) is 14.3. The van der Waals surface area contributed by atoms with Crippen LogP contribution in [0.3, 0.4) is 0 Å². The number of benzene rings is 2. The summed E-state index contributed by atoms with van der Waals surface area (Å²) < 4.78 is 20.9. The lowest BCUT2D eigenvalue weighted by Crippen LogP contribution is -2.12. The van der Waals surface area contributed by atoms with Gasteiger partial charge in [-0.2, -0.15) is 0 Å². The number of hydrogen-bond acceptors (Lipinski definition) is 7. The lowest BCUT2D eigenvalue weighted by atomic mass is 10.2. The van der Waals surface area contributed by atoms with Gasteiger partial charge >= 0.3 is 11.7 Å². The van der Waals surface area contributed by atoms with Gasteiger partial charge in [0.05, 0.1) is 24.4 Å². The third-order valence-electron chi connectivity index (χ3n) is 3.64. The predicted molar refractivity (Wildman–Crippen MR) is 94.1 cm³/mol. The zero-order chi connectivity index (χ0) is 19.2. The molecule has 0 N–H and O–H groups in total. The van der Waals surface area contributed by atoms with Gasteiger partial charge in [-0.25, -0.2) is 4.79 Å². The number of para-hydroxylation sites is 1. The predicted octanol–water partition coefficient (Wildman–Crippen LogP) is 3.99. The van der Waals surface area contributed by atoms with Gasteiger partial charge in [0.1, 0.15) is 18.1 Å². The monoisotopic (exact) mass is 369 g/mol. The van der Waals surface area contributed by atoms with Crippen LogP contribution >= 0.6 is 0 Å². The van der Waals surface area contributed by atoms with E-state index in [0.717, 1.165) is 0 Å². The molecule has 0 aliphatic carbocycles. The number of carbonyl (C=O) groups excluding carboxylic acids is 1. The van der Waals surface area contributed by atoms with Crippen LogP contribution in [-0.4, -0.2) is 18.0 Å². The van der Waals surface area contributed by atoms with Crippen LogP contribution in [0.5, 0.6) is 17.2 Å². The molecule has 0 radical (unpaired) electrons. The molecule has 138 valence electrons. The first-order valence-electron chi connectivity index (χ1n) is 7.87. The largest absolute Gasteiger partial charge is 0.496 e. The zero-order valence-electron chi connectivity index (χ0n) is 14.3. The first-order chi connectivity index (χ1) is 13.1. The smallest absolute Gasteiger partial charge is 0.380 e. The lowest BCUT2D eigenvalue weighted by Gasteiger charge is -2.08. The molecule has 0 aliphatic heterocycles. The van der Waals surface area contributed by atoms with Gasteiger partial charge in [-0.3, -0.25) is 10.1 Å². The highest BCUT2D eigenvalue weighted by molar-refractivity contribution is 5.90. The SMILES string of the molecule is COc1ccc(OC(=O)c2occc2COc2ccccc2)c([N+](=O)[O-])c1. The minimum atomic E-state index is -0.861. The van der Waals surface area contributed by atoms with Gasteiger partial charge < -0.3 is 18.6 Å². The third kappa shape index (κ3) is 4.24. The van der Waals surface area contributed by atoms with Crippen molar-refractivity contribution in [2.24, 2.45) is 0 Å². The molecule has 0 fully saturated rings. The van der Waals surface area contributed by atoms with Crippen molar-refractivity contribution in [2.75, 3.05) is 7.11 Å². The first kappa shape index (κ1) is 18.0. The summed E-state index contributed by atoms with van der Waals surface area (Å²) in [7, 11) is 1.38. The summed E-state index contributed by atoms with van der Waals surface area (Å²) in [6.45, 7) is 0.0790. The summed E-state index contributed by atoms with van der Waals surface area (Å²) >= 11 is 0. The standard InChI is InChI=1S/C19H15NO7/c1-24-15-7-8-17(16(11-15)20(22)23)27-19(21)18-13(9-10-25-18)12-26-14-5-3-2-4-6-14/h2-11H,12H2,1H3. The van der Waals surface area contributed by atoms with E-state index in [1.807, 2.05) is 18.2 Å². The molecule has 0 saturated carbocycles. The summed E-state index contributed by atoms with van der Waals surface area (Å²) in [6.07, 6.45) is 1.32. The maximum Gasteiger partial charge on any atom is 0.380 e. The number of nitro groups is 1. The van der Waals surface area contributed by atoms with E-state index in [9.17, 15) is 14.9 Å². The second kappa shape index (κ2) is 8.05. The number of ether oxygens (including phenoxy) is 3. The number of carbonyl (C=O) groups is 1. The molecule has 3 aromatic rings. The Balaban J connectivity index is 1.76. The number of methoxy groups -OCH3 is 1. The number of hydrogen-bond donors (Lipinski definition) is 0. The highest BCUT2D eigenvalue weighted by atomic mass is 16.6. The van der Waals surface area contributed by atoms with Crippen molar-refractivity contribution in [2.45, 2.75) is 6.61 Å². The number of furan rings is 1. The van der Waals surface area contributed by atoms with Crippen molar-refractivity contribution < 1.29 is 28.3 Å². The Bertz CT molecular complexity index is 950. The number of rotatable bonds is 7. The average Bonchev–Trinajstić information content (AvgIpc) is 3.16. The second-order valence-electron chi connectivity index (χ2n) is 5.36. The molecule has 0 bridgehead atoms. The summed E-state index contributed by atoms with van der Waals surface area (Å²) in [5.74, 6) is -0.256. The Hall–Kier alpha value is -3.81. The molecule has 8 heteroatoms. The van der Waals surface area contributed by atoms with E-state index in [-0.39, 0.29) is 23.9 Å². The Morgan fingerprint density at radius 2 is 1.89 bits per heavy atom. The Kier molecular flexibility index (Phi) is 5.36. The Morgan fingerprint density at radius 3 is 2.59 bits per heavy atom. The van der Waals surface area contributed by atoms with E-state index < -0.39 is 16.6 Å². The third-order valence-corrected chi connectivity index (χ3v) is 3.64. The van der Waals surface area contributed by atoms with Crippen LogP contribution in [0.1, 0.15) is 16.1 Å². The van der Waals surface area contributed by atoms with Crippen molar-refractivity contribution >= 4 is 11.7 Å². The minimum Gasteiger partial charge on any atom is -0.496 e. The fourth-order valence-corrected chi connectivity index (χ4v) is 2.31. The van der Waals surface area contributed by atoms with E-state index in [1.165, 1.54) is 31.6 Å². The molecule has 1 aromatic heterocycles. The molecule has 0 spiro atoms. The lowest BCUT2D eigenvalue weighted by molar-refractivity contribution is -0.385. The number of nitrogens with zero attached hydrogens (tertiary/aromatic N) is 1. The molecule has 8 nitrogen and oxygen atoms in total. The van der Waals surface area contributed by atoms with Gasteiger partial charge in [-0.05, 0) is 30.3 Å². The molecule has 0 amide bonds. The highest BCUT2D eigenvalue weighted by Gasteiger charge is 2.23. The number of nitro benzene ring substituents is 1. The molecule has 27 heavy (non-hydrogen) atoms. The normalized spacial score (nSPS) is 10.3. The van der Waals surface area contributed by atoms with Crippen LogP contribution in [0, 0.1) is 10.1 Å². The molecule has 0 unspecified atom stereocenters. The molecule has 0 atom stereocenters. The minimum absolute atomic E-state index is 0.0790. The van der Waals surface area contributed by atoms with Gasteiger partial charge in [0.25, 0.3) is 0 Å². The van der Waals surface area contributed by atoms with Gasteiger partial charge in [-0.1, -0.05) is 18.2 Å². The van der Waals surface area contributed by atoms with E-state index in [2.05, 4.69) is 0 Å².